The Bertz CT molecular complexity index is 1350. The number of anilines is 1. The van der Waals surface area contributed by atoms with Gasteiger partial charge in [-0.3, -0.25) is 0 Å². The normalized spacial score (nSPS) is 15.7. The molecule has 3 heterocycles. The summed E-state index contributed by atoms with van der Waals surface area (Å²) in [5.74, 6) is 0.623. The third-order valence-corrected chi connectivity index (χ3v) is 9.14. The number of hydrogen-bond acceptors (Lipinski definition) is 7. The van der Waals surface area contributed by atoms with E-state index in [9.17, 15) is 13.2 Å². The summed E-state index contributed by atoms with van der Waals surface area (Å²) in [6.45, 7) is 3.42. The van der Waals surface area contributed by atoms with Crippen molar-refractivity contribution in [2.24, 2.45) is 0 Å². The number of benzene rings is 1. The molecule has 0 radical (unpaired) electrons. The number of amides is 2. The number of hydrogen-bond donors (Lipinski definition) is 2. The molecule has 1 aliphatic heterocycles. The molecule has 0 spiro atoms. The Morgan fingerprint density at radius 1 is 1.15 bits per heavy atom. The van der Waals surface area contributed by atoms with Crippen LogP contribution in [0.5, 0.6) is 0 Å². The molecule has 8 nitrogen and oxygen atoms in total. The molecule has 2 aliphatic rings. The summed E-state index contributed by atoms with van der Waals surface area (Å²) in [5, 5.41) is 2.83. The van der Waals surface area contributed by atoms with Crippen molar-refractivity contribution in [1.82, 2.24) is 19.6 Å². The molecule has 5 rings (SSSR count). The summed E-state index contributed by atoms with van der Waals surface area (Å²) in [7, 11) is -1.97. The number of fused-ring (bicyclic) bond motifs is 2. The number of nitrogens with zero attached hydrogens (tertiary/aromatic N) is 3. The van der Waals surface area contributed by atoms with Gasteiger partial charge in [0.15, 0.2) is 0 Å². The number of thiophene rings is 1. The first kappa shape index (κ1) is 22.0. The zero-order chi connectivity index (χ0) is 23.2. The van der Waals surface area contributed by atoms with Crippen molar-refractivity contribution in [3.63, 3.8) is 0 Å². The Morgan fingerprint density at radius 3 is 2.82 bits per heavy atom. The highest BCUT2D eigenvalue weighted by Crippen LogP contribution is 2.37. The second-order valence-electron chi connectivity index (χ2n) is 8.53. The molecule has 0 unspecified atom stereocenters. The van der Waals surface area contributed by atoms with E-state index in [1.54, 1.807) is 18.3 Å². The summed E-state index contributed by atoms with van der Waals surface area (Å²) in [5.41, 5.74) is 5.26. The van der Waals surface area contributed by atoms with Crippen LogP contribution in [0.25, 0.3) is 11.3 Å². The number of aryl methyl sites for hydroxylation is 2. The fourth-order valence-electron chi connectivity index (χ4n) is 4.52. The van der Waals surface area contributed by atoms with Gasteiger partial charge < -0.3 is 10.2 Å². The topological polar surface area (TPSA) is 104 Å². The number of aromatic nitrogens is 2. The maximum atomic E-state index is 13.0. The van der Waals surface area contributed by atoms with E-state index in [0.717, 1.165) is 59.4 Å². The van der Waals surface area contributed by atoms with Crippen LogP contribution in [-0.4, -0.2) is 42.9 Å². The highest BCUT2D eigenvalue weighted by molar-refractivity contribution is 7.92. The molecule has 172 valence electrons. The predicted molar refractivity (Wildman–Crippen MR) is 128 cm³/mol. The van der Waals surface area contributed by atoms with Crippen molar-refractivity contribution in [3.05, 3.63) is 57.9 Å². The maximum absolute atomic E-state index is 13.0. The number of nitrogens with one attached hydrogen (secondary N) is 2. The molecule has 0 bridgehead atoms. The fourth-order valence-corrected chi connectivity index (χ4v) is 6.97. The molecule has 2 amide bonds. The third kappa shape index (κ3) is 4.38. The van der Waals surface area contributed by atoms with Crippen molar-refractivity contribution in [2.45, 2.75) is 43.4 Å². The van der Waals surface area contributed by atoms with E-state index in [1.807, 2.05) is 20.0 Å². The van der Waals surface area contributed by atoms with Crippen LogP contribution in [0, 0.1) is 6.92 Å². The summed E-state index contributed by atoms with van der Waals surface area (Å²) in [4.78, 5) is 24.8. The van der Waals surface area contributed by atoms with E-state index in [-0.39, 0.29) is 4.21 Å². The lowest BCUT2D eigenvalue weighted by atomic mass is 10.0. The molecule has 2 aromatic heterocycles. The number of rotatable bonds is 4. The Hall–Kier alpha value is -2.82. The molecule has 2 N–H and O–H groups in total. The first-order valence-corrected chi connectivity index (χ1v) is 13.2. The van der Waals surface area contributed by atoms with Crippen molar-refractivity contribution < 1.29 is 13.2 Å². The summed E-state index contributed by atoms with van der Waals surface area (Å²) >= 11 is 1.24. The first-order valence-electron chi connectivity index (χ1n) is 10.9. The molecule has 0 saturated heterocycles. The lowest BCUT2D eigenvalue weighted by molar-refractivity contribution is 0.256. The van der Waals surface area contributed by atoms with Gasteiger partial charge >= 0.3 is 6.03 Å². The van der Waals surface area contributed by atoms with Crippen LogP contribution in [0.3, 0.4) is 0 Å². The van der Waals surface area contributed by atoms with Crippen LogP contribution >= 0.6 is 11.3 Å². The van der Waals surface area contributed by atoms with Crippen LogP contribution in [0.1, 0.15) is 33.8 Å². The lowest BCUT2D eigenvalue weighted by Gasteiger charge is -2.21. The predicted octanol–water partition coefficient (Wildman–Crippen LogP) is 3.50. The van der Waals surface area contributed by atoms with Crippen LogP contribution in [0.15, 0.2) is 34.7 Å². The molecule has 1 aliphatic carbocycles. The quantitative estimate of drug-likeness (QED) is 0.589. The SMILES string of the molecule is Cc1nccc(-c2ccc3c(c2NC(=O)NS(=O)(=O)c2cc4c(s2)CCN(C)C4)CCC3)n1. The molecule has 0 fully saturated rings. The average Bonchev–Trinajstić information content (AvgIpc) is 3.40. The van der Waals surface area contributed by atoms with Gasteiger partial charge in [0.1, 0.15) is 10.0 Å². The molecule has 3 aromatic rings. The standard InChI is InChI=1S/C23H25N5O3S2/c1-14-24-10-8-19(25-14)18-7-6-15-4-3-5-17(15)22(18)26-23(29)27-33(30,31)21-12-16-13-28(2)11-9-20(16)32-21/h6-8,10,12H,3-5,9,11,13H2,1-2H3,(H2,26,27,29). The minimum atomic E-state index is -3.98. The molecule has 33 heavy (non-hydrogen) atoms. The molecular weight excluding hydrogens is 458 g/mol. The summed E-state index contributed by atoms with van der Waals surface area (Å²) in [6.07, 6.45) is 5.24. The zero-order valence-corrected chi connectivity index (χ0v) is 20.1. The lowest BCUT2D eigenvalue weighted by Crippen LogP contribution is -2.34. The van der Waals surface area contributed by atoms with E-state index in [4.69, 9.17) is 0 Å². The van der Waals surface area contributed by atoms with Crippen LogP contribution < -0.4 is 10.0 Å². The van der Waals surface area contributed by atoms with Gasteiger partial charge in [0.05, 0.1) is 11.4 Å². The Labute approximate surface area is 197 Å². The largest absolute Gasteiger partial charge is 0.333 e. The van der Waals surface area contributed by atoms with Gasteiger partial charge in [-0.1, -0.05) is 12.1 Å². The van der Waals surface area contributed by atoms with Crippen molar-refractivity contribution >= 4 is 33.1 Å². The Balaban J connectivity index is 1.43. The number of likely N-dealkylation sites (N-methyl/N-ethyl adjacent to an activating group) is 1. The van der Waals surface area contributed by atoms with E-state index in [0.29, 0.717) is 23.8 Å². The van der Waals surface area contributed by atoms with E-state index in [2.05, 4.69) is 31.0 Å². The number of carbonyl (C=O) groups is 1. The average molecular weight is 484 g/mol. The second kappa shape index (κ2) is 8.51. The maximum Gasteiger partial charge on any atom is 0.333 e. The Kier molecular flexibility index (Phi) is 5.67. The monoisotopic (exact) mass is 483 g/mol. The van der Waals surface area contributed by atoms with Gasteiger partial charge in [0.25, 0.3) is 10.0 Å². The van der Waals surface area contributed by atoms with Gasteiger partial charge in [-0.15, -0.1) is 11.3 Å². The van der Waals surface area contributed by atoms with Crippen LogP contribution in [-0.2, 0) is 35.8 Å². The van der Waals surface area contributed by atoms with Gasteiger partial charge in [-0.05, 0) is 68.5 Å². The number of carbonyl (C=O) groups excluding carboxylic acids is 1. The third-order valence-electron chi connectivity index (χ3n) is 6.10. The van der Waals surface area contributed by atoms with E-state index in [1.165, 1.54) is 11.3 Å². The first-order chi connectivity index (χ1) is 15.8. The summed E-state index contributed by atoms with van der Waals surface area (Å²) < 4.78 is 28.3. The molecule has 1 aromatic carbocycles. The minimum absolute atomic E-state index is 0.169. The minimum Gasteiger partial charge on any atom is -0.306 e. The van der Waals surface area contributed by atoms with Crippen molar-refractivity contribution in [2.75, 3.05) is 18.9 Å². The smallest absolute Gasteiger partial charge is 0.306 e. The molecule has 0 atom stereocenters. The fraction of sp³-hybridized carbons (Fsp3) is 0.348. The van der Waals surface area contributed by atoms with Crippen LogP contribution in [0.2, 0.25) is 0 Å². The number of urea groups is 1. The highest BCUT2D eigenvalue weighted by Gasteiger charge is 2.26. The summed E-state index contributed by atoms with van der Waals surface area (Å²) in [6, 6.07) is 6.69. The Morgan fingerprint density at radius 2 is 2.00 bits per heavy atom. The molecular formula is C23H25N5O3S2. The van der Waals surface area contributed by atoms with Gasteiger partial charge in [-0.2, -0.15) is 0 Å². The van der Waals surface area contributed by atoms with Gasteiger partial charge in [-0.25, -0.2) is 27.9 Å². The zero-order valence-electron chi connectivity index (χ0n) is 18.5. The number of sulfonamides is 1. The van der Waals surface area contributed by atoms with Crippen molar-refractivity contribution in [1.29, 1.82) is 0 Å². The highest BCUT2D eigenvalue weighted by atomic mass is 32.2. The van der Waals surface area contributed by atoms with E-state index < -0.39 is 16.1 Å². The van der Waals surface area contributed by atoms with Gasteiger partial charge in [0, 0.05) is 29.7 Å². The van der Waals surface area contributed by atoms with E-state index >= 15 is 0 Å². The molecule has 10 heteroatoms. The van der Waals surface area contributed by atoms with Crippen molar-refractivity contribution in [3.8, 4) is 11.3 Å². The second-order valence-corrected chi connectivity index (χ2v) is 11.6. The van der Waals surface area contributed by atoms with Gasteiger partial charge in [0.2, 0.25) is 0 Å². The molecule has 0 saturated carbocycles. The van der Waals surface area contributed by atoms with Crippen LogP contribution in [0.4, 0.5) is 10.5 Å².